The lowest BCUT2D eigenvalue weighted by Crippen LogP contribution is -2.29. The van der Waals surface area contributed by atoms with Crippen molar-refractivity contribution in [1.82, 2.24) is 14.1 Å². The molecular weight excluding hydrogens is 420 g/mol. The molecule has 9 nitrogen and oxygen atoms in total. The fourth-order valence-corrected chi connectivity index (χ4v) is 3.72. The molecule has 1 amide bonds. The van der Waals surface area contributed by atoms with E-state index in [9.17, 15) is 18.0 Å². The highest BCUT2D eigenvalue weighted by Gasteiger charge is 2.17. The number of amides is 1. The van der Waals surface area contributed by atoms with Crippen molar-refractivity contribution >= 4 is 21.6 Å². The minimum Gasteiger partial charge on any atom is -0.496 e. The number of benzene rings is 2. The highest BCUT2D eigenvalue weighted by atomic mass is 32.2. The Bertz CT molecular complexity index is 1250. The summed E-state index contributed by atoms with van der Waals surface area (Å²) < 4.78 is 31.7. The van der Waals surface area contributed by atoms with Crippen LogP contribution in [0.2, 0.25) is 0 Å². The Kier molecular flexibility index (Phi) is 6.52. The third kappa shape index (κ3) is 4.98. The summed E-state index contributed by atoms with van der Waals surface area (Å²) in [6.45, 7) is -0.306. The minimum absolute atomic E-state index is 0.109. The second-order valence-corrected chi connectivity index (χ2v) is 8.93. The van der Waals surface area contributed by atoms with Crippen LogP contribution in [0.5, 0.6) is 5.75 Å². The largest absolute Gasteiger partial charge is 0.496 e. The van der Waals surface area contributed by atoms with Gasteiger partial charge in [-0.2, -0.15) is 5.10 Å². The molecule has 0 atom stereocenters. The lowest BCUT2D eigenvalue weighted by molar-refractivity contribution is -0.117. The van der Waals surface area contributed by atoms with Gasteiger partial charge in [-0.3, -0.25) is 9.59 Å². The minimum atomic E-state index is -3.56. The summed E-state index contributed by atoms with van der Waals surface area (Å²) in [5.41, 5.74) is 1.15. The van der Waals surface area contributed by atoms with E-state index in [1.165, 1.54) is 51.5 Å². The van der Waals surface area contributed by atoms with E-state index in [4.69, 9.17) is 4.74 Å². The van der Waals surface area contributed by atoms with Gasteiger partial charge in [-0.15, -0.1) is 0 Å². The predicted molar refractivity (Wildman–Crippen MR) is 116 cm³/mol. The van der Waals surface area contributed by atoms with Crippen LogP contribution in [0, 0.1) is 0 Å². The first-order valence-corrected chi connectivity index (χ1v) is 10.7. The van der Waals surface area contributed by atoms with E-state index >= 15 is 0 Å². The molecule has 10 heteroatoms. The third-order valence-electron chi connectivity index (χ3n) is 4.46. The Labute approximate surface area is 179 Å². The maximum atomic E-state index is 12.4. The van der Waals surface area contributed by atoms with Crippen molar-refractivity contribution in [2.75, 3.05) is 26.5 Å². The topological polar surface area (TPSA) is 111 Å². The number of aromatic nitrogens is 2. The molecule has 2 aromatic carbocycles. The highest BCUT2D eigenvalue weighted by Crippen LogP contribution is 2.27. The molecule has 0 aliphatic heterocycles. The van der Waals surface area contributed by atoms with Gasteiger partial charge in [0.2, 0.25) is 15.9 Å². The number of anilines is 1. The maximum Gasteiger partial charge on any atom is 0.267 e. The summed E-state index contributed by atoms with van der Waals surface area (Å²) >= 11 is 0. The molecule has 1 aromatic heterocycles. The molecule has 0 bridgehead atoms. The molecule has 162 valence electrons. The van der Waals surface area contributed by atoms with E-state index in [0.717, 1.165) is 8.99 Å². The zero-order valence-electron chi connectivity index (χ0n) is 17.3. The van der Waals surface area contributed by atoms with Gasteiger partial charge in [0.1, 0.15) is 12.3 Å². The number of methoxy groups -OCH3 is 1. The van der Waals surface area contributed by atoms with E-state index in [2.05, 4.69) is 10.4 Å². The van der Waals surface area contributed by atoms with E-state index in [1.807, 2.05) is 12.1 Å². The zero-order chi connectivity index (χ0) is 22.6. The second-order valence-electron chi connectivity index (χ2n) is 6.77. The molecule has 0 saturated heterocycles. The number of para-hydroxylation sites is 1. The van der Waals surface area contributed by atoms with Crippen molar-refractivity contribution in [2.45, 2.75) is 11.4 Å². The normalized spacial score (nSPS) is 11.4. The predicted octanol–water partition coefficient (Wildman–Crippen LogP) is 1.81. The van der Waals surface area contributed by atoms with Crippen LogP contribution in [0.25, 0.3) is 11.3 Å². The van der Waals surface area contributed by atoms with Crippen molar-refractivity contribution < 1.29 is 17.9 Å². The Morgan fingerprint density at radius 1 is 1.06 bits per heavy atom. The van der Waals surface area contributed by atoms with Gasteiger partial charge in [0.05, 0.1) is 17.7 Å². The van der Waals surface area contributed by atoms with Crippen molar-refractivity contribution in [1.29, 1.82) is 0 Å². The molecule has 0 saturated carbocycles. The molecule has 31 heavy (non-hydrogen) atoms. The summed E-state index contributed by atoms with van der Waals surface area (Å²) in [5, 5.41) is 6.91. The number of rotatable bonds is 7. The number of carbonyl (C=O) groups is 1. The second kappa shape index (κ2) is 9.11. The molecular formula is C21H22N4O5S. The van der Waals surface area contributed by atoms with Crippen LogP contribution in [0.3, 0.4) is 0 Å². The Hall–Kier alpha value is -3.50. The molecule has 0 fully saturated rings. The van der Waals surface area contributed by atoms with E-state index in [-0.39, 0.29) is 11.4 Å². The third-order valence-corrected chi connectivity index (χ3v) is 6.29. The average molecular weight is 442 g/mol. The molecule has 0 aliphatic rings. The summed E-state index contributed by atoms with van der Waals surface area (Å²) in [6.07, 6.45) is 0. The van der Waals surface area contributed by atoms with Gasteiger partial charge < -0.3 is 10.1 Å². The van der Waals surface area contributed by atoms with Gasteiger partial charge >= 0.3 is 0 Å². The summed E-state index contributed by atoms with van der Waals surface area (Å²) in [7, 11) is 0.860. The van der Waals surface area contributed by atoms with Crippen LogP contribution in [0.15, 0.2) is 70.4 Å². The summed E-state index contributed by atoms with van der Waals surface area (Å²) in [6, 6.07) is 15.9. The molecule has 3 aromatic rings. The van der Waals surface area contributed by atoms with E-state index in [0.29, 0.717) is 22.7 Å². The summed E-state index contributed by atoms with van der Waals surface area (Å²) in [5.74, 6) is 0.118. The first-order valence-electron chi connectivity index (χ1n) is 9.26. The van der Waals surface area contributed by atoms with Crippen molar-refractivity contribution in [3.8, 4) is 17.0 Å². The molecule has 0 spiro atoms. The number of sulfonamides is 1. The standard InChI is InChI=1S/C21H22N4O5S/c1-24(2)31(28,29)16-10-8-15(9-11-16)22-20(26)14-25-21(27)13-12-18(23-25)17-6-4-5-7-19(17)30-3/h4-13H,14H2,1-3H3,(H,22,26). The van der Waals surface area contributed by atoms with E-state index in [1.54, 1.807) is 18.2 Å². The smallest absolute Gasteiger partial charge is 0.267 e. The van der Waals surface area contributed by atoms with Gasteiger partial charge in [-0.1, -0.05) is 12.1 Å². The lowest BCUT2D eigenvalue weighted by Gasteiger charge is -2.12. The maximum absolute atomic E-state index is 12.4. The number of nitrogens with one attached hydrogen (secondary N) is 1. The quantitative estimate of drug-likeness (QED) is 0.598. The van der Waals surface area contributed by atoms with Crippen LogP contribution in [0.1, 0.15) is 0 Å². The van der Waals surface area contributed by atoms with Crippen molar-refractivity contribution in [3.63, 3.8) is 0 Å². The van der Waals surface area contributed by atoms with Gasteiger partial charge in [0.15, 0.2) is 0 Å². The Morgan fingerprint density at radius 2 is 1.74 bits per heavy atom. The number of carbonyl (C=O) groups excluding carboxylic acids is 1. The summed E-state index contributed by atoms with van der Waals surface area (Å²) in [4.78, 5) is 24.7. The van der Waals surface area contributed by atoms with Gasteiger partial charge in [-0.25, -0.2) is 17.4 Å². The van der Waals surface area contributed by atoms with Crippen LogP contribution >= 0.6 is 0 Å². The monoisotopic (exact) mass is 442 g/mol. The van der Waals surface area contributed by atoms with Crippen molar-refractivity contribution in [3.05, 3.63) is 71.0 Å². The number of nitrogens with zero attached hydrogens (tertiary/aromatic N) is 3. The van der Waals surface area contributed by atoms with Crippen LogP contribution in [-0.2, 0) is 21.4 Å². The molecule has 1 N–H and O–H groups in total. The number of ether oxygens (including phenoxy) is 1. The fourth-order valence-electron chi connectivity index (χ4n) is 2.82. The number of hydrogen-bond donors (Lipinski definition) is 1. The zero-order valence-corrected chi connectivity index (χ0v) is 18.1. The molecule has 0 unspecified atom stereocenters. The average Bonchev–Trinajstić information content (AvgIpc) is 2.75. The van der Waals surface area contributed by atoms with Gasteiger partial charge in [0.25, 0.3) is 5.56 Å². The van der Waals surface area contributed by atoms with Crippen LogP contribution in [-0.4, -0.2) is 49.6 Å². The lowest BCUT2D eigenvalue weighted by atomic mass is 10.1. The first-order chi connectivity index (χ1) is 14.7. The molecule has 0 radical (unpaired) electrons. The molecule has 0 aliphatic carbocycles. The number of hydrogen-bond acceptors (Lipinski definition) is 6. The SMILES string of the molecule is COc1ccccc1-c1ccc(=O)n(CC(=O)Nc2ccc(S(=O)(=O)N(C)C)cc2)n1. The van der Waals surface area contributed by atoms with E-state index < -0.39 is 21.5 Å². The fraction of sp³-hybridized carbons (Fsp3) is 0.190. The highest BCUT2D eigenvalue weighted by molar-refractivity contribution is 7.89. The van der Waals surface area contributed by atoms with Crippen molar-refractivity contribution in [2.24, 2.45) is 0 Å². The Balaban J connectivity index is 1.77. The molecule has 3 rings (SSSR count). The van der Waals surface area contributed by atoms with Gasteiger partial charge in [-0.05, 0) is 42.5 Å². The van der Waals surface area contributed by atoms with Crippen LogP contribution < -0.4 is 15.6 Å². The van der Waals surface area contributed by atoms with Gasteiger partial charge in [0, 0.05) is 31.4 Å². The van der Waals surface area contributed by atoms with Crippen LogP contribution in [0.4, 0.5) is 5.69 Å². The molecule has 1 heterocycles. The first kappa shape index (κ1) is 22.2. The Morgan fingerprint density at radius 3 is 2.39 bits per heavy atom.